The first-order valence-electron chi connectivity index (χ1n) is 6.41. The molecule has 0 saturated heterocycles. The molecule has 0 aliphatic rings. The summed E-state index contributed by atoms with van der Waals surface area (Å²) in [6.07, 6.45) is 0. The van der Waals surface area contributed by atoms with E-state index in [-0.39, 0.29) is 11.7 Å². The number of amides is 1. The van der Waals surface area contributed by atoms with Crippen LogP contribution in [0.25, 0.3) is 0 Å². The van der Waals surface area contributed by atoms with Crippen molar-refractivity contribution in [1.29, 1.82) is 0 Å². The molecule has 0 aliphatic heterocycles. The first-order valence-corrected chi connectivity index (χ1v) is 8.10. The molecule has 22 heavy (non-hydrogen) atoms. The lowest BCUT2D eigenvalue weighted by Gasteiger charge is -2.06. The van der Waals surface area contributed by atoms with Crippen LogP contribution in [0.1, 0.15) is 30.1 Å². The predicted octanol–water partition coefficient (Wildman–Crippen LogP) is 2.13. The molecule has 2 heterocycles. The average molecular weight is 342 g/mol. The van der Waals surface area contributed by atoms with Gasteiger partial charge in [-0.1, -0.05) is 28.3 Å². The zero-order valence-corrected chi connectivity index (χ0v) is 13.8. The first-order chi connectivity index (χ1) is 10.5. The number of ether oxygens (including phenoxy) is 1. The Balaban J connectivity index is 1.94. The maximum Gasteiger partial charge on any atom is 0.319 e. The van der Waals surface area contributed by atoms with E-state index in [1.165, 1.54) is 29.2 Å². The van der Waals surface area contributed by atoms with Gasteiger partial charge in [0.05, 0.1) is 6.61 Å². The van der Waals surface area contributed by atoms with Gasteiger partial charge in [0.1, 0.15) is 11.0 Å². The highest BCUT2D eigenvalue weighted by molar-refractivity contribution is 8.02. The van der Waals surface area contributed by atoms with Crippen molar-refractivity contribution in [3.63, 3.8) is 0 Å². The monoisotopic (exact) mass is 342 g/mol. The topological polar surface area (TPSA) is 107 Å². The van der Waals surface area contributed by atoms with Crippen molar-refractivity contribution in [2.24, 2.45) is 0 Å². The molecule has 0 radical (unpaired) electrons. The van der Waals surface area contributed by atoms with Crippen LogP contribution in [0, 0.1) is 6.92 Å². The Kier molecular flexibility index (Phi) is 5.50. The van der Waals surface area contributed by atoms with Gasteiger partial charge in [0.15, 0.2) is 10.0 Å². The van der Waals surface area contributed by atoms with Gasteiger partial charge in [-0.25, -0.2) is 0 Å². The highest BCUT2D eigenvalue weighted by atomic mass is 32.2. The summed E-state index contributed by atoms with van der Waals surface area (Å²) >= 11 is 2.39. The molecule has 8 nitrogen and oxygen atoms in total. The predicted molar refractivity (Wildman–Crippen MR) is 81.1 cm³/mol. The van der Waals surface area contributed by atoms with Gasteiger partial charge in [0.25, 0.3) is 5.91 Å². The molecule has 0 spiro atoms. The molecule has 0 aliphatic carbocycles. The molecule has 1 amide bonds. The van der Waals surface area contributed by atoms with Crippen LogP contribution in [-0.2, 0) is 9.53 Å². The minimum atomic E-state index is -0.428. The Bertz CT molecular complexity index is 670. The van der Waals surface area contributed by atoms with Crippen molar-refractivity contribution in [3.8, 4) is 0 Å². The zero-order valence-electron chi connectivity index (χ0n) is 12.2. The minimum Gasteiger partial charge on any atom is -0.465 e. The molecular formula is C12H14N4O4S2. The third-order valence-corrected chi connectivity index (χ3v) is 4.38. The van der Waals surface area contributed by atoms with E-state index in [0.717, 1.165) is 0 Å². The van der Waals surface area contributed by atoms with E-state index in [1.54, 1.807) is 20.8 Å². The van der Waals surface area contributed by atoms with Gasteiger partial charge in [0, 0.05) is 6.07 Å². The van der Waals surface area contributed by atoms with Crippen molar-refractivity contribution in [2.75, 3.05) is 11.9 Å². The Morgan fingerprint density at radius 3 is 2.91 bits per heavy atom. The maximum atomic E-state index is 11.9. The fourth-order valence-corrected chi connectivity index (χ4v) is 3.29. The number of nitrogens with zero attached hydrogens (tertiary/aromatic N) is 3. The lowest BCUT2D eigenvalue weighted by Crippen LogP contribution is -2.16. The molecule has 0 aromatic carbocycles. The Morgan fingerprint density at radius 2 is 2.27 bits per heavy atom. The Hall–Kier alpha value is -1.94. The fourth-order valence-electron chi connectivity index (χ4n) is 1.40. The van der Waals surface area contributed by atoms with Gasteiger partial charge in [-0.15, -0.1) is 10.2 Å². The van der Waals surface area contributed by atoms with Crippen LogP contribution in [0.15, 0.2) is 14.9 Å². The van der Waals surface area contributed by atoms with Gasteiger partial charge < -0.3 is 9.26 Å². The van der Waals surface area contributed by atoms with Crippen LogP contribution >= 0.6 is 23.1 Å². The third-order valence-electron chi connectivity index (χ3n) is 2.38. The number of carbonyl (C=O) groups excluding carboxylic acids is 2. The third kappa shape index (κ3) is 4.28. The number of nitrogens with one attached hydrogen (secondary N) is 1. The van der Waals surface area contributed by atoms with Crippen molar-refractivity contribution >= 4 is 40.1 Å². The second-order valence-corrected chi connectivity index (χ2v) is 6.73. The van der Waals surface area contributed by atoms with E-state index < -0.39 is 11.2 Å². The van der Waals surface area contributed by atoms with E-state index in [9.17, 15) is 9.59 Å². The van der Waals surface area contributed by atoms with Crippen LogP contribution in [0.2, 0.25) is 0 Å². The van der Waals surface area contributed by atoms with E-state index in [0.29, 0.717) is 21.8 Å². The van der Waals surface area contributed by atoms with Crippen LogP contribution in [0.3, 0.4) is 0 Å². The quantitative estimate of drug-likeness (QED) is 0.483. The van der Waals surface area contributed by atoms with Gasteiger partial charge in [-0.05, 0) is 20.8 Å². The largest absolute Gasteiger partial charge is 0.465 e. The number of anilines is 1. The summed E-state index contributed by atoms with van der Waals surface area (Å²) in [6.45, 7) is 5.50. The van der Waals surface area contributed by atoms with Gasteiger partial charge in [-0.3, -0.25) is 14.9 Å². The summed E-state index contributed by atoms with van der Waals surface area (Å²) in [5, 5.41) is 13.9. The lowest BCUT2D eigenvalue weighted by molar-refractivity contribution is -0.142. The summed E-state index contributed by atoms with van der Waals surface area (Å²) in [6, 6.07) is 1.52. The average Bonchev–Trinajstić information content (AvgIpc) is 3.08. The van der Waals surface area contributed by atoms with Crippen LogP contribution in [0.5, 0.6) is 0 Å². The summed E-state index contributed by atoms with van der Waals surface area (Å²) in [5.41, 5.74) is 0.168. The number of hydrogen-bond acceptors (Lipinski definition) is 9. The van der Waals surface area contributed by atoms with Crippen molar-refractivity contribution in [3.05, 3.63) is 17.5 Å². The molecule has 0 unspecified atom stereocenters. The highest BCUT2D eigenvalue weighted by Gasteiger charge is 2.19. The number of thioether (sulfide) groups is 1. The normalized spacial score (nSPS) is 12.0. The summed E-state index contributed by atoms with van der Waals surface area (Å²) < 4.78 is 10.3. The smallest absolute Gasteiger partial charge is 0.319 e. The lowest BCUT2D eigenvalue weighted by atomic mass is 10.4. The van der Waals surface area contributed by atoms with Gasteiger partial charge >= 0.3 is 5.97 Å². The summed E-state index contributed by atoms with van der Waals surface area (Å²) in [4.78, 5) is 23.4. The number of aromatic nitrogens is 3. The second-order valence-electron chi connectivity index (χ2n) is 4.16. The van der Waals surface area contributed by atoms with E-state index >= 15 is 0 Å². The molecule has 2 aromatic rings. The molecular weight excluding hydrogens is 328 g/mol. The number of carbonyl (C=O) groups is 2. The second kappa shape index (κ2) is 7.36. The highest BCUT2D eigenvalue weighted by Crippen LogP contribution is 2.29. The summed E-state index contributed by atoms with van der Waals surface area (Å²) in [5.74, 6) is -0.198. The van der Waals surface area contributed by atoms with Crippen molar-refractivity contribution in [1.82, 2.24) is 15.4 Å². The number of hydrogen-bond donors (Lipinski definition) is 1. The summed E-state index contributed by atoms with van der Waals surface area (Å²) in [7, 11) is 0. The van der Waals surface area contributed by atoms with E-state index in [2.05, 4.69) is 20.7 Å². The molecule has 0 fully saturated rings. The fraction of sp³-hybridized carbons (Fsp3) is 0.417. The van der Waals surface area contributed by atoms with Crippen LogP contribution < -0.4 is 5.32 Å². The SMILES string of the molecule is CCOC(=O)[C@@H](C)Sc1nnc(NC(=O)c2cc(C)on2)s1. The molecule has 118 valence electrons. The standard InChI is InChI=1S/C12H14N4O4S2/c1-4-19-10(18)7(3)21-12-15-14-11(22-12)13-9(17)8-5-6(2)20-16-8/h5,7H,4H2,1-3H3,(H,13,14,17)/t7-/m1/s1. The molecule has 0 bridgehead atoms. The van der Waals surface area contributed by atoms with Gasteiger partial charge in [0.2, 0.25) is 5.13 Å². The van der Waals surface area contributed by atoms with Crippen molar-refractivity contribution in [2.45, 2.75) is 30.4 Å². The number of aryl methyl sites for hydroxylation is 1. The molecule has 2 rings (SSSR count). The number of rotatable bonds is 6. The molecule has 0 saturated carbocycles. The molecule has 2 aromatic heterocycles. The molecule has 1 N–H and O–H groups in total. The minimum absolute atomic E-state index is 0.168. The van der Waals surface area contributed by atoms with E-state index in [4.69, 9.17) is 9.26 Å². The Morgan fingerprint density at radius 1 is 1.50 bits per heavy atom. The van der Waals surface area contributed by atoms with E-state index in [1.807, 2.05) is 0 Å². The zero-order chi connectivity index (χ0) is 16.1. The first kappa shape index (κ1) is 16.4. The Labute approximate surface area is 134 Å². The molecule has 10 heteroatoms. The number of esters is 1. The van der Waals surface area contributed by atoms with Crippen LogP contribution in [0.4, 0.5) is 5.13 Å². The molecule has 1 atom stereocenters. The van der Waals surface area contributed by atoms with Crippen molar-refractivity contribution < 1.29 is 18.8 Å². The maximum absolute atomic E-state index is 11.9. The van der Waals surface area contributed by atoms with Gasteiger partial charge in [-0.2, -0.15) is 0 Å². The van der Waals surface area contributed by atoms with Crippen LogP contribution in [-0.4, -0.2) is 39.1 Å².